The number of hydrogen-bond donors (Lipinski definition) is 0. The summed E-state index contributed by atoms with van der Waals surface area (Å²) in [4.78, 5) is 15.6. The summed E-state index contributed by atoms with van der Waals surface area (Å²) >= 11 is 0. The molecule has 0 spiro atoms. The van der Waals surface area contributed by atoms with E-state index in [-0.39, 0.29) is 23.5 Å². The van der Waals surface area contributed by atoms with Gasteiger partial charge >= 0.3 is 5.56 Å². The maximum atomic E-state index is 13.6. The molecule has 1 aromatic heterocycles. The second-order valence-corrected chi connectivity index (χ2v) is 11.6. The third-order valence-electron chi connectivity index (χ3n) is 6.65. The Hall–Kier alpha value is -2.43. The molecule has 0 radical (unpaired) electrons. The van der Waals surface area contributed by atoms with Crippen molar-refractivity contribution in [1.29, 1.82) is 0 Å². The van der Waals surface area contributed by atoms with Crippen molar-refractivity contribution < 1.29 is 17.9 Å². The Morgan fingerprint density at radius 2 is 1.71 bits per heavy atom. The number of nitrogens with zero attached hydrogens (tertiary/aromatic N) is 4. The number of anilines is 1. The molecule has 2 unspecified atom stereocenters. The number of para-hydroxylation sites is 1. The van der Waals surface area contributed by atoms with Crippen LogP contribution in [0.25, 0.3) is 5.69 Å². The van der Waals surface area contributed by atoms with Crippen LogP contribution in [0.4, 0.5) is 5.69 Å². The van der Waals surface area contributed by atoms with Crippen LogP contribution in [0.5, 0.6) is 5.75 Å². The third kappa shape index (κ3) is 5.13. The molecule has 1 aliphatic heterocycles. The van der Waals surface area contributed by atoms with Crippen LogP contribution in [-0.4, -0.2) is 73.3 Å². The smallest absolute Gasteiger partial charge is 0.316 e. The molecule has 186 valence electrons. The highest BCUT2D eigenvalue weighted by Crippen LogP contribution is 2.31. The van der Waals surface area contributed by atoms with Crippen LogP contribution < -0.4 is 15.2 Å². The maximum Gasteiger partial charge on any atom is 0.316 e. The minimum absolute atomic E-state index is 0.116. The van der Waals surface area contributed by atoms with Crippen LogP contribution in [0.3, 0.4) is 0 Å². The first kappa shape index (κ1) is 24.7. The Morgan fingerprint density at radius 3 is 2.35 bits per heavy atom. The average molecular weight is 491 g/mol. The predicted molar refractivity (Wildman–Crippen MR) is 131 cm³/mol. The molecule has 0 bridgehead atoms. The summed E-state index contributed by atoms with van der Waals surface area (Å²) in [6, 6.07) is 9.26. The van der Waals surface area contributed by atoms with Crippen LogP contribution in [0.1, 0.15) is 39.5 Å². The highest BCUT2D eigenvalue weighted by molar-refractivity contribution is 7.89. The number of piperazine rings is 1. The first-order valence-electron chi connectivity index (χ1n) is 11.9. The molecular formula is C24H34N4O5S. The van der Waals surface area contributed by atoms with Crippen molar-refractivity contribution >= 4 is 15.7 Å². The SMILES string of the molecule is COC1CCCC(Oc2c(N3CCN(S(=O)(=O)C(C)C)CC3)cnn(-c3ccccc3)c2=O)C1. The van der Waals surface area contributed by atoms with Crippen molar-refractivity contribution in [3.63, 3.8) is 0 Å². The van der Waals surface area contributed by atoms with E-state index in [1.54, 1.807) is 27.2 Å². The molecule has 4 rings (SSSR count). The molecule has 2 atom stereocenters. The normalized spacial score (nSPS) is 22.2. The molecule has 2 aliphatic rings. The summed E-state index contributed by atoms with van der Waals surface area (Å²) in [5, 5.41) is 3.97. The summed E-state index contributed by atoms with van der Waals surface area (Å²) in [6.45, 7) is 5.03. The molecule has 0 N–H and O–H groups in total. The van der Waals surface area contributed by atoms with E-state index in [1.807, 2.05) is 35.2 Å². The summed E-state index contributed by atoms with van der Waals surface area (Å²) in [7, 11) is -1.61. The summed E-state index contributed by atoms with van der Waals surface area (Å²) < 4.78 is 40.0. The standard InChI is InChI=1S/C24H34N4O5S/c1-18(2)34(30,31)27-14-12-26(13-15-27)22-17-25-28(19-8-5-4-6-9-19)24(29)23(22)33-21-11-7-10-20(16-21)32-3/h4-6,8-9,17-18,20-21H,7,10-16H2,1-3H3. The Labute approximate surface area is 201 Å². The van der Waals surface area contributed by atoms with Crippen molar-refractivity contribution in [2.24, 2.45) is 0 Å². The monoisotopic (exact) mass is 490 g/mol. The minimum Gasteiger partial charge on any atom is -0.483 e. The first-order chi connectivity index (χ1) is 16.3. The van der Waals surface area contributed by atoms with Crippen LogP contribution in [0.2, 0.25) is 0 Å². The zero-order chi connectivity index (χ0) is 24.3. The highest BCUT2D eigenvalue weighted by atomic mass is 32.2. The van der Waals surface area contributed by atoms with E-state index in [9.17, 15) is 13.2 Å². The lowest BCUT2D eigenvalue weighted by atomic mass is 9.95. The highest BCUT2D eigenvalue weighted by Gasteiger charge is 2.32. The fourth-order valence-electron chi connectivity index (χ4n) is 4.59. The molecule has 2 heterocycles. The number of hydrogen-bond acceptors (Lipinski definition) is 7. The number of ether oxygens (including phenoxy) is 2. The summed E-state index contributed by atoms with van der Waals surface area (Å²) in [5.74, 6) is 0.265. The molecule has 10 heteroatoms. The Kier molecular flexibility index (Phi) is 7.59. The quantitative estimate of drug-likeness (QED) is 0.588. The van der Waals surface area contributed by atoms with Gasteiger partial charge in [0.05, 0.1) is 23.2 Å². The van der Waals surface area contributed by atoms with Crippen molar-refractivity contribution in [2.75, 3.05) is 38.2 Å². The Morgan fingerprint density at radius 1 is 1.03 bits per heavy atom. The van der Waals surface area contributed by atoms with Gasteiger partial charge in [0, 0.05) is 39.7 Å². The van der Waals surface area contributed by atoms with Crippen molar-refractivity contribution in [3.8, 4) is 11.4 Å². The average Bonchev–Trinajstić information content (AvgIpc) is 2.86. The largest absolute Gasteiger partial charge is 0.483 e. The molecule has 1 aromatic carbocycles. The van der Waals surface area contributed by atoms with Crippen LogP contribution in [0, 0.1) is 0 Å². The second kappa shape index (κ2) is 10.5. The van der Waals surface area contributed by atoms with Gasteiger partial charge in [-0.1, -0.05) is 18.2 Å². The zero-order valence-corrected chi connectivity index (χ0v) is 20.9. The van der Waals surface area contributed by atoms with Crippen molar-refractivity contribution in [1.82, 2.24) is 14.1 Å². The minimum atomic E-state index is -3.32. The second-order valence-electron chi connectivity index (χ2n) is 9.16. The van der Waals surface area contributed by atoms with Gasteiger partial charge in [0.15, 0.2) is 0 Å². The molecule has 9 nitrogen and oxygen atoms in total. The molecule has 1 aliphatic carbocycles. The van der Waals surface area contributed by atoms with Gasteiger partial charge in [0.2, 0.25) is 15.8 Å². The summed E-state index contributed by atoms with van der Waals surface area (Å²) in [6.07, 6.45) is 5.19. The summed E-state index contributed by atoms with van der Waals surface area (Å²) in [5.41, 5.74) is 0.953. The van der Waals surface area contributed by atoms with Gasteiger partial charge in [0.1, 0.15) is 11.8 Å². The predicted octanol–water partition coefficient (Wildman–Crippen LogP) is 2.43. The van der Waals surface area contributed by atoms with Gasteiger partial charge in [-0.15, -0.1) is 0 Å². The lowest BCUT2D eigenvalue weighted by Crippen LogP contribution is -2.50. The van der Waals surface area contributed by atoms with Crippen molar-refractivity contribution in [2.45, 2.75) is 57.0 Å². The Bertz CT molecular complexity index is 1130. The lowest BCUT2D eigenvalue weighted by Gasteiger charge is -2.37. The van der Waals surface area contributed by atoms with Crippen LogP contribution >= 0.6 is 0 Å². The van der Waals surface area contributed by atoms with Crippen molar-refractivity contribution in [3.05, 3.63) is 46.9 Å². The first-order valence-corrected chi connectivity index (χ1v) is 13.4. The number of sulfonamides is 1. The van der Waals surface area contributed by atoms with Crippen LogP contribution in [0.15, 0.2) is 41.3 Å². The van der Waals surface area contributed by atoms with Gasteiger partial charge in [-0.25, -0.2) is 8.42 Å². The van der Waals surface area contributed by atoms with E-state index >= 15 is 0 Å². The zero-order valence-electron chi connectivity index (χ0n) is 20.1. The van der Waals surface area contributed by atoms with E-state index in [1.165, 1.54) is 8.99 Å². The molecule has 1 saturated heterocycles. The molecule has 2 fully saturated rings. The van der Waals surface area contributed by atoms with Gasteiger partial charge in [-0.3, -0.25) is 4.79 Å². The third-order valence-corrected chi connectivity index (χ3v) is 8.92. The Balaban J connectivity index is 1.64. The molecular weight excluding hydrogens is 456 g/mol. The van der Waals surface area contributed by atoms with Gasteiger partial charge in [0.25, 0.3) is 0 Å². The lowest BCUT2D eigenvalue weighted by molar-refractivity contribution is 0.0204. The van der Waals surface area contributed by atoms with E-state index < -0.39 is 15.3 Å². The maximum absolute atomic E-state index is 13.6. The molecule has 2 aromatic rings. The number of benzene rings is 1. The number of aromatic nitrogens is 2. The number of methoxy groups -OCH3 is 1. The van der Waals surface area contributed by atoms with Crippen LogP contribution in [-0.2, 0) is 14.8 Å². The van der Waals surface area contributed by atoms with E-state index in [4.69, 9.17) is 9.47 Å². The van der Waals surface area contributed by atoms with E-state index in [0.29, 0.717) is 37.6 Å². The van der Waals surface area contributed by atoms with E-state index in [0.717, 1.165) is 25.7 Å². The molecule has 1 saturated carbocycles. The number of rotatable bonds is 7. The fourth-order valence-corrected chi connectivity index (χ4v) is 5.86. The van der Waals surface area contributed by atoms with E-state index in [2.05, 4.69) is 5.10 Å². The fraction of sp³-hybridized carbons (Fsp3) is 0.583. The van der Waals surface area contributed by atoms with Gasteiger partial charge in [-0.05, 0) is 45.2 Å². The topological polar surface area (TPSA) is 94.0 Å². The molecule has 34 heavy (non-hydrogen) atoms. The van der Waals surface area contributed by atoms with Gasteiger partial charge in [-0.2, -0.15) is 14.1 Å². The van der Waals surface area contributed by atoms with Gasteiger partial charge < -0.3 is 14.4 Å². The molecule has 0 amide bonds.